The molecule has 0 bridgehead atoms. The minimum absolute atomic E-state index is 0.0522. The molecule has 3 atom stereocenters. The van der Waals surface area contributed by atoms with E-state index in [-0.39, 0.29) is 29.1 Å². The highest BCUT2D eigenvalue weighted by molar-refractivity contribution is 7.89. The number of hydrogen-bond donors (Lipinski definition) is 1. The number of rotatable bonds is 4. The Morgan fingerprint density at radius 2 is 1.80 bits per heavy atom. The number of aryl methyl sites for hydroxylation is 1. The number of sulfonamides is 1. The molecule has 1 aliphatic carbocycles. The van der Waals surface area contributed by atoms with Gasteiger partial charge in [0.25, 0.3) is 5.91 Å². The molecule has 1 N–H and O–H groups in total. The van der Waals surface area contributed by atoms with Crippen LogP contribution in [0.4, 0.5) is 0 Å². The fraction of sp³-hybridized carbons (Fsp3) is 0.435. The Hall–Kier alpha value is -2.22. The lowest BCUT2D eigenvalue weighted by atomic mass is 9.87. The molecule has 1 aliphatic heterocycles. The van der Waals surface area contributed by atoms with Gasteiger partial charge in [-0.1, -0.05) is 30.3 Å². The standard InChI is InChI=1S/C23H28N2O4S/c1-16-14-25(15-17(2)29-16)30(27,28)20-10-5-9-19(13-20)23(26)24-22-12-6-8-18-7-3-4-11-21(18)22/h3-5,7,9-11,13,16-17,22H,6,8,12,14-15H2,1-2H3,(H,24,26)/t16-,17+,22-/m1/s1. The van der Waals surface area contributed by atoms with Gasteiger partial charge in [0.1, 0.15) is 0 Å². The molecule has 30 heavy (non-hydrogen) atoms. The molecule has 6 nitrogen and oxygen atoms in total. The number of amides is 1. The fourth-order valence-corrected chi connectivity index (χ4v) is 6.06. The molecule has 0 aromatic heterocycles. The van der Waals surface area contributed by atoms with E-state index in [1.807, 2.05) is 26.0 Å². The Balaban J connectivity index is 1.54. The highest BCUT2D eigenvalue weighted by Gasteiger charge is 2.32. The summed E-state index contributed by atoms with van der Waals surface area (Å²) < 4.78 is 33.4. The van der Waals surface area contributed by atoms with Crippen LogP contribution in [0, 0.1) is 0 Å². The van der Waals surface area contributed by atoms with Gasteiger partial charge in [0.2, 0.25) is 10.0 Å². The minimum Gasteiger partial charge on any atom is -0.373 e. The van der Waals surface area contributed by atoms with Crippen LogP contribution in [0.25, 0.3) is 0 Å². The average molecular weight is 429 g/mol. The third-order valence-corrected chi connectivity index (χ3v) is 7.62. The van der Waals surface area contributed by atoms with Crippen LogP contribution < -0.4 is 5.32 Å². The molecular formula is C23H28N2O4S. The van der Waals surface area contributed by atoms with Gasteiger partial charge >= 0.3 is 0 Å². The average Bonchev–Trinajstić information content (AvgIpc) is 2.73. The molecule has 2 aliphatic rings. The van der Waals surface area contributed by atoms with Crippen LogP contribution >= 0.6 is 0 Å². The zero-order chi connectivity index (χ0) is 21.3. The summed E-state index contributed by atoms with van der Waals surface area (Å²) in [5.41, 5.74) is 2.77. The Morgan fingerprint density at radius 3 is 2.57 bits per heavy atom. The molecule has 1 heterocycles. The lowest BCUT2D eigenvalue weighted by Gasteiger charge is -2.34. The SMILES string of the molecule is C[C@@H]1CN(S(=O)(=O)c2cccc(C(=O)N[C@@H]3CCCc4ccccc43)c2)C[C@H](C)O1. The molecule has 1 fully saturated rings. The van der Waals surface area contributed by atoms with Crippen LogP contribution in [0.15, 0.2) is 53.4 Å². The van der Waals surface area contributed by atoms with E-state index in [4.69, 9.17) is 4.74 Å². The first-order chi connectivity index (χ1) is 14.3. The van der Waals surface area contributed by atoms with Gasteiger partial charge in [-0.25, -0.2) is 8.42 Å². The second kappa shape index (κ2) is 8.49. The van der Waals surface area contributed by atoms with Crippen molar-refractivity contribution in [3.8, 4) is 0 Å². The zero-order valence-corrected chi connectivity index (χ0v) is 18.2. The second-order valence-corrected chi connectivity index (χ2v) is 10.2. The smallest absolute Gasteiger partial charge is 0.251 e. The highest BCUT2D eigenvalue weighted by Crippen LogP contribution is 2.30. The molecule has 2 aromatic carbocycles. The predicted molar refractivity (Wildman–Crippen MR) is 115 cm³/mol. The molecule has 0 unspecified atom stereocenters. The summed E-state index contributed by atoms with van der Waals surface area (Å²) >= 11 is 0. The van der Waals surface area contributed by atoms with Crippen molar-refractivity contribution in [2.24, 2.45) is 0 Å². The van der Waals surface area contributed by atoms with Crippen LogP contribution in [0.1, 0.15) is 54.2 Å². The molecule has 0 radical (unpaired) electrons. The molecule has 7 heteroatoms. The monoisotopic (exact) mass is 428 g/mol. The van der Waals surface area contributed by atoms with Crippen molar-refractivity contribution in [3.63, 3.8) is 0 Å². The fourth-order valence-electron chi connectivity index (χ4n) is 4.42. The molecule has 4 rings (SSSR count). The maximum atomic E-state index is 13.1. The van der Waals surface area contributed by atoms with Crippen molar-refractivity contribution in [2.45, 2.75) is 56.3 Å². The van der Waals surface area contributed by atoms with E-state index in [0.717, 1.165) is 24.8 Å². The first-order valence-corrected chi connectivity index (χ1v) is 11.9. The van der Waals surface area contributed by atoms with Crippen molar-refractivity contribution in [2.75, 3.05) is 13.1 Å². The van der Waals surface area contributed by atoms with Crippen LogP contribution in [0.2, 0.25) is 0 Å². The van der Waals surface area contributed by atoms with Crippen LogP contribution in [-0.4, -0.2) is 43.9 Å². The molecular weight excluding hydrogens is 400 g/mol. The van der Waals surface area contributed by atoms with E-state index >= 15 is 0 Å². The van der Waals surface area contributed by atoms with E-state index in [1.165, 1.54) is 15.9 Å². The minimum atomic E-state index is -3.69. The Bertz CT molecular complexity index is 1030. The lowest BCUT2D eigenvalue weighted by molar-refractivity contribution is -0.0440. The largest absolute Gasteiger partial charge is 0.373 e. The van der Waals surface area contributed by atoms with Crippen molar-refractivity contribution >= 4 is 15.9 Å². The molecule has 0 saturated carbocycles. The maximum absolute atomic E-state index is 13.1. The number of benzene rings is 2. The Kier molecular flexibility index (Phi) is 5.95. The quantitative estimate of drug-likeness (QED) is 0.811. The number of carbonyl (C=O) groups excluding carboxylic acids is 1. The second-order valence-electron chi connectivity index (χ2n) is 8.22. The number of carbonyl (C=O) groups is 1. The van der Waals surface area contributed by atoms with E-state index in [2.05, 4.69) is 17.4 Å². The van der Waals surface area contributed by atoms with Gasteiger partial charge < -0.3 is 10.1 Å². The van der Waals surface area contributed by atoms with E-state index in [9.17, 15) is 13.2 Å². The summed E-state index contributed by atoms with van der Waals surface area (Å²) in [6.45, 7) is 4.35. The summed E-state index contributed by atoms with van der Waals surface area (Å²) in [4.78, 5) is 13.1. The van der Waals surface area contributed by atoms with Gasteiger partial charge in [-0.15, -0.1) is 0 Å². The molecule has 2 aromatic rings. The van der Waals surface area contributed by atoms with Crippen molar-refractivity contribution in [1.82, 2.24) is 9.62 Å². The van der Waals surface area contributed by atoms with Crippen molar-refractivity contribution < 1.29 is 17.9 Å². The van der Waals surface area contributed by atoms with Gasteiger partial charge in [0, 0.05) is 18.7 Å². The summed E-state index contributed by atoms with van der Waals surface area (Å²) in [6.07, 6.45) is 2.59. The molecule has 160 valence electrons. The number of nitrogens with zero attached hydrogens (tertiary/aromatic N) is 1. The first-order valence-electron chi connectivity index (χ1n) is 10.5. The van der Waals surface area contributed by atoms with Gasteiger partial charge in [-0.05, 0) is 62.4 Å². The normalized spacial score (nSPS) is 24.8. The van der Waals surface area contributed by atoms with Crippen LogP contribution in [-0.2, 0) is 21.2 Å². The first kappa shape index (κ1) is 21.0. The Morgan fingerprint density at radius 1 is 1.07 bits per heavy atom. The zero-order valence-electron chi connectivity index (χ0n) is 17.4. The molecule has 1 amide bonds. The summed E-state index contributed by atoms with van der Waals surface area (Å²) in [6, 6.07) is 14.4. The number of nitrogens with one attached hydrogen (secondary N) is 1. The van der Waals surface area contributed by atoms with E-state index in [0.29, 0.717) is 18.7 Å². The van der Waals surface area contributed by atoms with E-state index in [1.54, 1.807) is 18.2 Å². The number of morpholine rings is 1. The summed E-state index contributed by atoms with van der Waals surface area (Å²) in [5, 5.41) is 3.10. The van der Waals surface area contributed by atoms with E-state index < -0.39 is 10.0 Å². The van der Waals surface area contributed by atoms with Gasteiger partial charge in [-0.2, -0.15) is 4.31 Å². The maximum Gasteiger partial charge on any atom is 0.251 e. The third-order valence-electron chi connectivity index (χ3n) is 5.79. The number of ether oxygens (including phenoxy) is 1. The lowest BCUT2D eigenvalue weighted by Crippen LogP contribution is -2.48. The number of hydrogen-bond acceptors (Lipinski definition) is 4. The van der Waals surface area contributed by atoms with Gasteiger partial charge in [0.15, 0.2) is 0 Å². The summed E-state index contributed by atoms with van der Waals surface area (Å²) in [5.74, 6) is -0.252. The van der Waals surface area contributed by atoms with Gasteiger partial charge in [0.05, 0.1) is 23.1 Å². The third kappa shape index (κ3) is 4.29. The van der Waals surface area contributed by atoms with Gasteiger partial charge in [-0.3, -0.25) is 4.79 Å². The number of fused-ring (bicyclic) bond motifs is 1. The van der Waals surface area contributed by atoms with Crippen molar-refractivity contribution in [3.05, 3.63) is 65.2 Å². The Labute approximate surface area is 178 Å². The van der Waals surface area contributed by atoms with Crippen LogP contribution in [0.3, 0.4) is 0 Å². The summed E-state index contributed by atoms with van der Waals surface area (Å²) in [7, 11) is -3.69. The van der Waals surface area contributed by atoms with Crippen LogP contribution in [0.5, 0.6) is 0 Å². The topological polar surface area (TPSA) is 75.7 Å². The highest BCUT2D eigenvalue weighted by atomic mass is 32.2. The predicted octanol–water partition coefficient (Wildman–Crippen LogP) is 3.29. The molecule has 1 saturated heterocycles. The van der Waals surface area contributed by atoms with Crippen molar-refractivity contribution in [1.29, 1.82) is 0 Å². The molecule has 0 spiro atoms.